The Morgan fingerprint density at radius 1 is 1.00 bits per heavy atom. The normalized spacial score (nSPS) is 36.1. The van der Waals surface area contributed by atoms with Gasteiger partial charge in [0.05, 0.1) is 0 Å². The monoisotopic (exact) mass is 278 g/mol. The molecular weight excluding hydrogens is 244 g/mol. The summed E-state index contributed by atoms with van der Waals surface area (Å²) in [6.07, 6.45) is 12.8. The van der Waals surface area contributed by atoms with E-state index >= 15 is 0 Å². The first-order valence-electron chi connectivity index (χ1n) is 9.15. The van der Waals surface area contributed by atoms with Crippen LogP contribution in [0.15, 0.2) is 0 Å². The maximum atomic E-state index is 3.98. The van der Waals surface area contributed by atoms with Crippen LogP contribution in [0, 0.1) is 5.92 Å². The van der Waals surface area contributed by atoms with Crippen LogP contribution in [0.5, 0.6) is 0 Å². The number of piperazine rings is 1. The molecule has 1 atom stereocenters. The maximum Gasteiger partial charge on any atom is 0.0332 e. The van der Waals surface area contributed by atoms with Crippen molar-refractivity contribution in [2.45, 2.75) is 95.7 Å². The smallest absolute Gasteiger partial charge is 0.0332 e. The third-order valence-electron chi connectivity index (χ3n) is 6.74. The van der Waals surface area contributed by atoms with Crippen LogP contribution in [-0.4, -0.2) is 35.1 Å². The Labute approximate surface area is 125 Å². The second kappa shape index (κ2) is 5.61. The quantitative estimate of drug-likeness (QED) is 0.837. The van der Waals surface area contributed by atoms with Crippen molar-refractivity contribution in [3.05, 3.63) is 0 Å². The molecule has 0 aromatic rings. The van der Waals surface area contributed by atoms with Crippen molar-refractivity contribution in [2.24, 2.45) is 5.92 Å². The molecule has 2 saturated carbocycles. The van der Waals surface area contributed by atoms with Crippen LogP contribution in [-0.2, 0) is 0 Å². The van der Waals surface area contributed by atoms with Gasteiger partial charge in [-0.2, -0.15) is 0 Å². The second-order valence-corrected chi connectivity index (χ2v) is 7.90. The summed E-state index contributed by atoms with van der Waals surface area (Å²) >= 11 is 0. The highest BCUT2D eigenvalue weighted by Crippen LogP contribution is 2.45. The lowest BCUT2D eigenvalue weighted by atomic mass is 9.78. The standard InChI is InChI=1S/C18H34N2/c1-4-18(5-2)13-19-17(3,15-11-12-15)14-20(18)16-9-7-6-8-10-16/h15-16,19H,4-14H2,1-3H3. The largest absolute Gasteiger partial charge is 0.308 e. The molecule has 0 aromatic carbocycles. The second-order valence-electron chi connectivity index (χ2n) is 7.90. The Balaban J connectivity index is 1.81. The number of rotatable bonds is 4. The Hall–Kier alpha value is -0.0800. The van der Waals surface area contributed by atoms with Gasteiger partial charge in [-0.05, 0) is 51.4 Å². The molecule has 0 bridgehead atoms. The molecule has 116 valence electrons. The van der Waals surface area contributed by atoms with E-state index in [2.05, 4.69) is 31.0 Å². The molecule has 2 heteroatoms. The van der Waals surface area contributed by atoms with Gasteiger partial charge in [-0.15, -0.1) is 0 Å². The van der Waals surface area contributed by atoms with Crippen molar-refractivity contribution in [3.63, 3.8) is 0 Å². The minimum atomic E-state index is 0.394. The highest BCUT2D eigenvalue weighted by atomic mass is 15.3. The predicted molar refractivity (Wildman–Crippen MR) is 86.0 cm³/mol. The minimum Gasteiger partial charge on any atom is -0.308 e. The first-order valence-corrected chi connectivity index (χ1v) is 9.15. The van der Waals surface area contributed by atoms with Crippen LogP contribution < -0.4 is 5.32 Å². The first-order chi connectivity index (χ1) is 9.63. The molecule has 1 N–H and O–H groups in total. The van der Waals surface area contributed by atoms with Gasteiger partial charge in [0.25, 0.3) is 0 Å². The summed E-state index contributed by atoms with van der Waals surface area (Å²) in [6, 6.07) is 0.865. The molecule has 3 fully saturated rings. The van der Waals surface area contributed by atoms with E-state index < -0.39 is 0 Å². The number of nitrogens with zero attached hydrogens (tertiary/aromatic N) is 1. The fraction of sp³-hybridized carbons (Fsp3) is 1.00. The lowest BCUT2D eigenvalue weighted by molar-refractivity contribution is -0.0437. The summed E-state index contributed by atoms with van der Waals surface area (Å²) < 4.78 is 0. The van der Waals surface area contributed by atoms with Gasteiger partial charge in [0, 0.05) is 30.2 Å². The molecule has 0 aromatic heterocycles. The van der Waals surface area contributed by atoms with E-state index in [1.54, 1.807) is 0 Å². The van der Waals surface area contributed by atoms with Gasteiger partial charge in [-0.1, -0.05) is 33.1 Å². The van der Waals surface area contributed by atoms with Gasteiger partial charge in [0.2, 0.25) is 0 Å². The average Bonchev–Trinajstić information content (AvgIpc) is 3.34. The van der Waals surface area contributed by atoms with Gasteiger partial charge in [0.1, 0.15) is 0 Å². The highest BCUT2D eigenvalue weighted by molar-refractivity contribution is 5.09. The van der Waals surface area contributed by atoms with Crippen molar-refractivity contribution in [2.75, 3.05) is 13.1 Å². The van der Waals surface area contributed by atoms with Crippen molar-refractivity contribution >= 4 is 0 Å². The van der Waals surface area contributed by atoms with Crippen molar-refractivity contribution < 1.29 is 0 Å². The first kappa shape index (κ1) is 14.8. The molecular formula is C18H34N2. The molecule has 20 heavy (non-hydrogen) atoms. The van der Waals surface area contributed by atoms with Crippen LogP contribution in [0.25, 0.3) is 0 Å². The topological polar surface area (TPSA) is 15.3 Å². The molecule has 0 radical (unpaired) electrons. The summed E-state index contributed by atoms with van der Waals surface area (Å²) in [5.74, 6) is 0.945. The zero-order valence-corrected chi connectivity index (χ0v) is 13.9. The van der Waals surface area contributed by atoms with Gasteiger partial charge in [0.15, 0.2) is 0 Å². The van der Waals surface area contributed by atoms with Crippen molar-refractivity contribution in [3.8, 4) is 0 Å². The van der Waals surface area contributed by atoms with E-state index in [-0.39, 0.29) is 0 Å². The lowest BCUT2D eigenvalue weighted by Crippen LogP contribution is -2.71. The predicted octanol–water partition coefficient (Wildman–Crippen LogP) is 3.95. The van der Waals surface area contributed by atoms with Gasteiger partial charge >= 0.3 is 0 Å². The SMILES string of the molecule is CCC1(CC)CNC(C)(C2CC2)CN1C1CCCCC1. The Bertz CT molecular complexity index is 326. The Kier molecular flexibility index (Phi) is 4.16. The van der Waals surface area contributed by atoms with Crippen LogP contribution in [0.3, 0.4) is 0 Å². The molecule has 1 unspecified atom stereocenters. The molecule has 3 aliphatic rings. The number of hydrogen-bond acceptors (Lipinski definition) is 2. The van der Waals surface area contributed by atoms with Crippen LogP contribution in [0.4, 0.5) is 0 Å². The van der Waals surface area contributed by atoms with Crippen molar-refractivity contribution in [1.29, 1.82) is 0 Å². The molecule has 0 amide bonds. The third-order valence-corrected chi connectivity index (χ3v) is 6.74. The van der Waals surface area contributed by atoms with Gasteiger partial charge in [-0.3, -0.25) is 4.90 Å². The summed E-state index contributed by atoms with van der Waals surface area (Å²) in [4.78, 5) is 2.97. The van der Waals surface area contributed by atoms with Crippen LogP contribution >= 0.6 is 0 Å². The van der Waals surface area contributed by atoms with Crippen molar-refractivity contribution in [1.82, 2.24) is 10.2 Å². The van der Waals surface area contributed by atoms with E-state index in [9.17, 15) is 0 Å². The molecule has 1 saturated heterocycles. The maximum absolute atomic E-state index is 3.98. The summed E-state index contributed by atoms with van der Waals surface area (Å²) in [6.45, 7) is 9.81. The number of nitrogens with one attached hydrogen (secondary N) is 1. The van der Waals surface area contributed by atoms with E-state index in [4.69, 9.17) is 0 Å². The molecule has 0 spiro atoms. The molecule has 1 heterocycles. The average molecular weight is 278 g/mol. The molecule has 2 nitrogen and oxygen atoms in total. The minimum absolute atomic E-state index is 0.394. The summed E-state index contributed by atoms with van der Waals surface area (Å²) in [5, 5.41) is 3.98. The van der Waals surface area contributed by atoms with E-state index in [1.165, 1.54) is 70.9 Å². The van der Waals surface area contributed by atoms with Crippen LogP contribution in [0.1, 0.15) is 78.6 Å². The molecule has 3 rings (SSSR count). The fourth-order valence-corrected chi connectivity index (χ4v) is 4.85. The highest BCUT2D eigenvalue weighted by Gasteiger charge is 2.51. The fourth-order valence-electron chi connectivity index (χ4n) is 4.85. The zero-order chi connectivity index (χ0) is 14.2. The van der Waals surface area contributed by atoms with Gasteiger partial charge in [-0.25, -0.2) is 0 Å². The molecule has 1 aliphatic heterocycles. The molecule has 2 aliphatic carbocycles. The van der Waals surface area contributed by atoms with E-state index in [0.29, 0.717) is 11.1 Å². The van der Waals surface area contributed by atoms with E-state index in [0.717, 1.165) is 12.0 Å². The van der Waals surface area contributed by atoms with E-state index in [1.807, 2.05) is 0 Å². The zero-order valence-electron chi connectivity index (χ0n) is 13.9. The third kappa shape index (κ3) is 2.54. The summed E-state index contributed by atoms with van der Waals surface area (Å²) in [5.41, 5.74) is 0.821. The van der Waals surface area contributed by atoms with Gasteiger partial charge < -0.3 is 5.32 Å². The Morgan fingerprint density at radius 3 is 2.20 bits per heavy atom. The number of hydrogen-bond donors (Lipinski definition) is 1. The lowest BCUT2D eigenvalue weighted by Gasteiger charge is -2.57. The Morgan fingerprint density at radius 2 is 1.65 bits per heavy atom. The summed E-state index contributed by atoms with van der Waals surface area (Å²) in [7, 11) is 0. The van der Waals surface area contributed by atoms with Crippen LogP contribution in [0.2, 0.25) is 0 Å².